The highest BCUT2D eigenvalue weighted by atomic mass is 19.3. The Bertz CT molecular complexity index is 1250. The molecule has 0 unspecified atom stereocenters. The third kappa shape index (κ3) is 4.17. The molecule has 34 heavy (non-hydrogen) atoms. The van der Waals surface area contributed by atoms with Crippen molar-refractivity contribution in [1.29, 1.82) is 0 Å². The van der Waals surface area contributed by atoms with Gasteiger partial charge in [0.25, 0.3) is 0 Å². The van der Waals surface area contributed by atoms with Gasteiger partial charge in [0.15, 0.2) is 6.61 Å². The van der Waals surface area contributed by atoms with Gasteiger partial charge in [0.05, 0.1) is 18.3 Å². The van der Waals surface area contributed by atoms with Gasteiger partial charge in [0.2, 0.25) is 0 Å². The van der Waals surface area contributed by atoms with Gasteiger partial charge in [0, 0.05) is 11.6 Å². The van der Waals surface area contributed by atoms with E-state index in [1.807, 2.05) is 0 Å². The van der Waals surface area contributed by atoms with Gasteiger partial charge in [0.1, 0.15) is 28.8 Å². The number of ether oxygens (including phenoxy) is 2. The Morgan fingerprint density at radius 1 is 1.18 bits per heavy atom. The number of nitrogens with zero attached hydrogens (tertiary/aromatic N) is 3. The smallest absolute Gasteiger partial charge is 0.350 e. The van der Waals surface area contributed by atoms with Gasteiger partial charge < -0.3 is 9.47 Å². The predicted molar refractivity (Wildman–Crippen MR) is 108 cm³/mol. The van der Waals surface area contributed by atoms with Gasteiger partial charge in [-0.3, -0.25) is 0 Å². The first-order valence-electron chi connectivity index (χ1n) is 10.1. The lowest BCUT2D eigenvalue weighted by molar-refractivity contribution is -0.148. The van der Waals surface area contributed by atoms with Crippen LogP contribution in [0.5, 0.6) is 5.75 Å². The molecule has 0 amide bonds. The van der Waals surface area contributed by atoms with Crippen LogP contribution in [-0.4, -0.2) is 39.9 Å². The lowest BCUT2D eigenvalue weighted by Crippen LogP contribution is -2.34. The zero-order valence-electron chi connectivity index (χ0n) is 17.9. The molecule has 1 aliphatic heterocycles. The number of hydrogen-bond acceptors (Lipinski definition) is 4. The standard InChI is InChI=1S/C22H19F6N3O3/c1-12(21(10-34-21)17-8-3-14(23)9-18(17)24)31-20(32)30(13(2)29-31)15-4-6-16(7-5-15)33-11-22(27,28)19(25)26/h3-9,12,19H,10-11H2,1-2H3/t12-,21+/m1/s1. The summed E-state index contributed by atoms with van der Waals surface area (Å²) >= 11 is 0. The first kappa shape index (κ1) is 23.9. The number of aryl methyl sites for hydroxylation is 1. The van der Waals surface area contributed by atoms with E-state index in [9.17, 15) is 31.1 Å². The van der Waals surface area contributed by atoms with Crippen LogP contribution in [0.1, 0.15) is 24.4 Å². The number of halogens is 6. The summed E-state index contributed by atoms with van der Waals surface area (Å²) in [5.74, 6) is -5.67. The van der Waals surface area contributed by atoms with E-state index in [0.717, 1.165) is 16.8 Å². The van der Waals surface area contributed by atoms with Crippen LogP contribution in [0.3, 0.4) is 0 Å². The number of hydrogen-bond donors (Lipinski definition) is 0. The third-order valence-electron chi connectivity index (χ3n) is 5.69. The number of alkyl halides is 4. The Hall–Kier alpha value is -3.28. The maximum atomic E-state index is 14.4. The van der Waals surface area contributed by atoms with Crippen molar-refractivity contribution in [2.24, 2.45) is 0 Å². The monoisotopic (exact) mass is 487 g/mol. The van der Waals surface area contributed by atoms with Gasteiger partial charge in [-0.1, -0.05) is 6.07 Å². The Morgan fingerprint density at radius 3 is 2.38 bits per heavy atom. The lowest BCUT2D eigenvalue weighted by Gasteiger charge is -2.20. The van der Waals surface area contributed by atoms with Crippen molar-refractivity contribution >= 4 is 0 Å². The molecule has 0 aliphatic carbocycles. The van der Waals surface area contributed by atoms with Crippen LogP contribution in [0.25, 0.3) is 5.69 Å². The molecule has 1 aromatic heterocycles. The molecule has 0 bridgehead atoms. The van der Waals surface area contributed by atoms with Crippen LogP contribution >= 0.6 is 0 Å². The molecule has 3 aromatic rings. The van der Waals surface area contributed by atoms with E-state index in [2.05, 4.69) is 5.10 Å². The normalized spacial score (nSPS) is 18.9. The SMILES string of the molecule is Cc1nn([C@H](C)[C@]2(c3ccc(F)cc3F)CO2)c(=O)n1-c1ccc(OCC(F)(F)C(F)F)cc1. The molecular weight excluding hydrogens is 468 g/mol. The molecule has 2 atom stereocenters. The second-order valence-electron chi connectivity index (χ2n) is 7.93. The first-order chi connectivity index (χ1) is 16.0. The summed E-state index contributed by atoms with van der Waals surface area (Å²) in [6.45, 7) is 1.77. The molecule has 2 heterocycles. The molecule has 2 aromatic carbocycles. The Labute approximate surface area is 189 Å². The van der Waals surface area contributed by atoms with E-state index in [1.165, 1.54) is 34.9 Å². The summed E-state index contributed by atoms with van der Waals surface area (Å²) in [6.07, 6.45) is -3.86. The van der Waals surface area contributed by atoms with Gasteiger partial charge in [-0.25, -0.2) is 31.6 Å². The zero-order valence-corrected chi connectivity index (χ0v) is 17.9. The van der Waals surface area contributed by atoms with Crippen LogP contribution in [0, 0.1) is 18.6 Å². The van der Waals surface area contributed by atoms with Crippen molar-refractivity contribution in [2.75, 3.05) is 13.2 Å². The molecule has 1 saturated heterocycles. The molecule has 182 valence electrons. The lowest BCUT2D eigenvalue weighted by atomic mass is 9.92. The van der Waals surface area contributed by atoms with Crippen molar-refractivity contribution in [3.8, 4) is 11.4 Å². The van der Waals surface area contributed by atoms with Crippen molar-refractivity contribution in [1.82, 2.24) is 14.3 Å². The van der Waals surface area contributed by atoms with Gasteiger partial charge in [-0.05, 0) is 44.2 Å². The minimum atomic E-state index is -4.30. The van der Waals surface area contributed by atoms with Gasteiger partial charge in [-0.2, -0.15) is 13.9 Å². The van der Waals surface area contributed by atoms with Crippen LogP contribution < -0.4 is 10.4 Å². The van der Waals surface area contributed by atoms with Crippen LogP contribution in [-0.2, 0) is 10.3 Å². The van der Waals surface area contributed by atoms with Crippen molar-refractivity contribution in [2.45, 2.75) is 37.8 Å². The molecule has 0 spiro atoms. The summed E-state index contributed by atoms with van der Waals surface area (Å²) in [5.41, 5.74) is -1.36. The minimum Gasteiger partial charge on any atom is -0.487 e. The first-order valence-corrected chi connectivity index (χ1v) is 10.1. The second kappa shape index (κ2) is 8.49. The number of rotatable bonds is 8. The molecule has 12 heteroatoms. The molecular formula is C22H19F6N3O3. The third-order valence-corrected chi connectivity index (χ3v) is 5.69. The van der Waals surface area contributed by atoms with E-state index in [0.29, 0.717) is 5.69 Å². The zero-order chi connectivity index (χ0) is 24.8. The van der Waals surface area contributed by atoms with E-state index >= 15 is 0 Å². The highest BCUT2D eigenvalue weighted by Crippen LogP contribution is 2.48. The highest BCUT2D eigenvalue weighted by molar-refractivity contribution is 5.38. The van der Waals surface area contributed by atoms with Crippen molar-refractivity contribution in [3.63, 3.8) is 0 Å². The summed E-state index contributed by atoms with van der Waals surface area (Å²) in [4.78, 5) is 13.1. The average Bonchev–Trinajstić information content (AvgIpc) is 3.52. The van der Waals surface area contributed by atoms with Crippen LogP contribution in [0.15, 0.2) is 47.3 Å². The molecule has 1 aliphatic rings. The Morgan fingerprint density at radius 2 is 1.82 bits per heavy atom. The van der Waals surface area contributed by atoms with Crippen molar-refractivity contribution in [3.05, 3.63) is 76.0 Å². The van der Waals surface area contributed by atoms with Gasteiger partial charge >= 0.3 is 18.0 Å². The average molecular weight is 487 g/mol. The van der Waals surface area contributed by atoms with E-state index in [4.69, 9.17) is 9.47 Å². The molecule has 4 rings (SSSR count). The molecule has 1 fully saturated rings. The molecule has 0 N–H and O–H groups in total. The van der Waals surface area contributed by atoms with Crippen LogP contribution in [0.4, 0.5) is 26.3 Å². The fourth-order valence-corrected chi connectivity index (χ4v) is 3.70. The molecule has 6 nitrogen and oxygen atoms in total. The minimum absolute atomic E-state index is 0.0901. The molecule has 0 radical (unpaired) electrons. The summed E-state index contributed by atoms with van der Waals surface area (Å²) in [6, 6.07) is 7.61. The quantitative estimate of drug-likeness (QED) is 0.350. The highest BCUT2D eigenvalue weighted by Gasteiger charge is 2.54. The summed E-state index contributed by atoms with van der Waals surface area (Å²) in [5, 5.41) is 4.25. The maximum Gasteiger partial charge on any atom is 0.350 e. The number of aromatic nitrogens is 3. The van der Waals surface area contributed by atoms with E-state index in [1.54, 1.807) is 13.8 Å². The number of benzene rings is 2. The molecule has 0 saturated carbocycles. The predicted octanol–water partition coefficient (Wildman–Crippen LogP) is 4.39. The van der Waals surface area contributed by atoms with E-state index in [-0.39, 0.29) is 23.7 Å². The van der Waals surface area contributed by atoms with E-state index < -0.39 is 47.9 Å². The maximum absolute atomic E-state index is 14.4. The fraction of sp³-hybridized carbons (Fsp3) is 0.364. The summed E-state index contributed by atoms with van der Waals surface area (Å²) in [7, 11) is 0. The fourth-order valence-electron chi connectivity index (χ4n) is 3.70. The second-order valence-corrected chi connectivity index (χ2v) is 7.93. The van der Waals surface area contributed by atoms with Crippen LogP contribution in [0.2, 0.25) is 0 Å². The topological polar surface area (TPSA) is 61.6 Å². The Kier molecular flexibility index (Phi) is 5.96. The number of epoxide rings is 1. The Balaban J connectivity index is 1.59. The largest absolute Gasteiger partial charge is 0.487 e. The summed E-state index contributed by atoms with van der Waals surface area (Å²) < 4.78 is 91.0. The van der Waals surface area contributed by atoms with Gasteiger partial charge in [-0.15, -0.1) is 0 Å². The van der Waals surface area contributed by atoms with Crippen molar-refractivity contribution < 1.29 is 35.8 Å².